The number of ether oxygens (including phenoxy) is 7. The predicted octanol–water partition coefficient (Wildman–Crippen LogP) is 18.6. The topological polar surface area (TPSA) is 162 Å². The van der Waals surface area contributed by atoms with Crippen LogP contribution < -0.4 is 0 Å². The lowest BCUT2D eigenvalue weighted by molar-refractivity contribution is -0.227. The Bertz CT molecular complexity index is 2800. The molecule has 4 fully saturated rings. The van der Waals surface area contributed by atoms with Crippen molar-refractivity contribution in [1.82, 2.24) is 0 Å². The molecule has 15 nitrogen and oxygen atoms in total. The Morgan fingerprint density at radius 3 is 1.70 bits per heavy atom. The SMILES string of the molecule is C=CC[C@@H]1O[C@@H]([C@H](/C=C/C(=O)CCC2CC(=C)C(CCC3CC(C)C(=C)[C@@H](CC4O[C@H](CC(CO[Si](C)(C)C(C)(C)C)O[Si](C)(C)C(C)(C)C)[C@H](OC)C4CC(=O)OC)O3)O2)O[Si](C)(C)C(C)(C)C)C(O[Si](C)(C)C(C)(C)C)C(O[Si](C)(C)C(C)(C)C)C1OC(=O)c1ccccc1. The second kappa shape index (κ2) is 33.5. The van der Waals surface area contributed by atoms with Crippen molar-refractivity contribution in [3.63, 3.8) is 0 Å². The fourth-order valence-electron chi connectivity index (χ4n) is 12.2. The highest BCUT2D eigenvalue weighted by molar-refractivity contribution is 6.76. The first-order valence-electron chi connectivity index (χ1n) is 36.3. The molecule has 20 heteroatoms. The number of rotatable bonds is 31. The van der Waals surface area contributed by atoms with Gasteiger partial charge in [-0.1, -0.05) is 154 Å². The van der Waals surface area contributed by atoms with Gasteiger partial charge in [0, 0.05) is 32.3 Å². The van der Waals surface area contributed by atoms with Gasteiger partial charge in [-0.15, -0.1) is 6.58 Å². The summed E-state index contributed by atoms with van der Waals surface area (Å²) >= 11 is 0. The third-order valence-corrected chi connectivity index (χ3v) is 46.2. The Morgan fingerprint density at radius 2 is 1.16 bits per heavy atom. The molecule has 10 unspecified atom stereocenters. The van der Waals surface area contributed by atoms with E-state index in [1.165, 1.54) is 7.11 Å². The largest absolute Gasteiger partial charge is 0.469 e. The molecule has 4 heterocycles. The number of carbonyl (C=O) groups is 3. The van der Waals surface area contributed by atoms with Gasteiger partial charge in [-0.2, -0.15) is 0 Å². The number of carbonyl (C=O) groups excluding carboxylic acids is 3. The second-order valence-electron chi connectivity index (χ2n) is 36.3. The average molecular weight is 1440 g/mol. The maximum absolute atomic E-state index is 14.5. The van der Waals surface area contributed by atoms with Gasteiger partial charge in [0.25, 0.3) is 0 Å². The minimum absolute atomic E-state index is 0.0220. The standard InChI is InChI=1S/C77H136O15Si5/c1-32-36-61-68(88-72(80)54-37-34-33-35-38-54)70(91-96(28,29)76(14,15)16)71(92-97(30,31)77(17,18)19)69(87-61)62(90-95(26,27)75(11,12)13)43-40-55(78)39-41-56-46-52(3)60(84-56)44-42-57-45-51(2)53(4)63(85-57)49-64-59(48-66(79)81-20)67(82-21)65(86-64)47-58(89-94(24,25)74(8,9)10)50-83-93(22,23)73(5,6)7/h32-35,37-38,40,43,51,56-65,67-71H,1,3-4,36,39,41-42,44-50H2,2,5-31H3/b43-40+/t51?,56?,57?,58?,59?,60?,61-,62-,63+,64?,65+,67+,68?,69-,70?,71?/m0/s1. The van der Waals surface area contributed by atoms with E-state index in [1.54, 1.807) is 31.4 Å². The maximum Gasteiger partial charge on any atom is 0.338 e. The number of esters is 2. The Balaban J connectivity index is 1.36. The Kier molecular flexibility index (Phi) is 29.4. The summed E-state index contributed by atoms with van der Waals surface area (Å²) in [6, 6.07) is 9.04. The van der Waals surface area contributed by atoms with Gasteiger partial charge in [0.2, 0.25) is 0 Å². The first-order valence-corrected chi connectivity index (χ1v) is 50.9. The van der Waals surface area contributed by atoms with Crippen LogP contribution in [0.2, 0.25) is 90.7 Å². The van der Waals surface area contributed by atoms with E-state index in [-0.39, 0.29) is 104 Å². The molecular formula is C77H136O15Si5. The summed E-state index contributed by atoms with van der Waals surface area (Å²) in [5.74, 6) is -0.943. The molecule has 0 spiro atoms. The molecule has 5 rings (SSSR count). The molecule has 1 aromatic rings. The van der Waals surface area contributed by atoms with Crippen LogP contribution in [0.5, 0.6) is 0 Å². The highest BCUT2D eigenvalue weighted by Crippen LogP contribution is 2.49. The molecule has 0 amide bonds. The summed E-state index contributed by atoms with van der Waals surface area (Å²) in [4.78, 5) is 41.9. The number of hydrogen-bond donors (Lipinski definition) is 0. The van der Waals surface area contributed by atoms with Crippen LogP contribution in [0.3, 0.4) is 0 Å². The molecule has 0 radical (unpaired) electrons. The minimum atomic E-state index is -2.66. The van der Waals surface area contributed by atoms with Crippen molar-refractivity contribution in [2.75, 3.05) is 20.8 Å². The van der Waals surface area contributed by atoms with Crippen LogP contribution in [-0.2, 0) is 64.9 Å². The quantitative estimate of drug-likeness (QED) is 0.0298. The molecule has 4 aliphatic heterocycles. The minimum Gasteiger partial charge on any atom is -0.469 e. The Labute approximate surface area is 594 Å². The highest BCUT2D eigenvalue weighted by Gasteiger charge is 2.58. The molecule has 97 heavy (non-hydrogen) atoms. The molecule has 0 aliphatic carbocycles. The van der Waals surface area contributed by atoms with E-state index >= 15 is 0 Å². The van der Waals surface area contributed by atoms with Crippen molar-refractivity contribution in [2.45, 2.75) is 351 Å². The first-order chi connectivity index (χ1) is 44.3. The van der Waals surface area contributed by atoms with Crippen LogP contribution in [0, 0.1) is 11.8 Å². The van der Waals surface area contributed by atoms with E-state index in [9.17, 15) is 14.4 Å². The summed E-state index contributed by atoms with van der Waals surface area (Å²) in [5.41, 5.74) is 2.47. The average Bonchev–Trinajstić information content (AvgIpc) is 1.13. The molecule has 0 saturated carbocycles. The van der Waals surface area contributed by atoms with Crippen molar-refractivity contribution in [2.24, 2.45) is 11.8 Å². The molecule has 1 aromatic carbocycles. The summed E-state index contributed by atoms with van der Waals surface area (Å²) in [6.07, 6.45) is 3.94. The molecule has 0 N–H and O–H groups in total. The Hall–Kier alpha value is -2.53. The van der Waals surface area contributed by atoms with Crippen molar-refractivity contribution in [3.05, 3.63) is 85.0 Å². The third kappa shape index (κ3) is 22.5. The number of benzene rings is 1. The lowest BCUT2D eigenvalue weighted by Crippen LogP contribution is -2.68. The fourth-order valence-corrected chi connectivity index (χ4v) is 18.4. The van der Waals surface area contributed by atoms with Gasteiger partial charge in [0.15, 0.2) is 53.5 Å². The van der Waals surface area contributed by atoms with Crippen molar-refractivity contribution in [1.29, 1.82) is 0 Å². The van der Waals surface area contributed by atoms with E-state index in [0.29, 0.717) is 44.3 Å². The molecule has 0 bridgehead atoms. The van der Waals surface area contributed by atoms with Crippen LogP contribution in [0.15, 0.2) is 79.4 Å². The first kappa shape index (κ1) is 85.1. The van der Waals surface area contributed by atoms with Crippen LogP contribution in [-0.4, -0.2) is 166 Å². The van der Waals surface area contributed by atoms with Crippen molar-refractivity contribution < 1.29 is 69.7 Å². The van der Waals surface area contributed by atoms with Gasteiger partial charge in [-0.05, 0) is 164 Å². The predicted molar refractivity (Wildman–Crippen MR) is 406 cm³/mol. The number of methoxy groups -OCH3 is 2. The zero-order valence-corrected chi connectivity index (χ0v) is 70.9. The zero-order chi connectivity index (χ0) is 73.6. The summed E-state index contributed by atoms with van der Waals surface area (Å²) in [5, 5.41) is -0.642. The highest BCUT2D eigenvalue weighted by atomic mass is 28.4. The number of ketones is 1. The van der Waals surface area contributed by atoms with E-state index in [0.717, 1.165) is 30.4 Å². The molecule has 554 valence electrons. The fraction of sp³-hybridized carbons (Fsp3) is 0.779. The van der Waals surface area contributed by atoms with Crippen molar-refractivity contribution in [3.8, 4) is 0 Å². The summed E-state index contributed by atoms with van der Waals surface area (Å²) in [6.45, 7) is 71.7. The van der Waals surface area contributed by atoms with Gasteiger partial charge in [0.1, 0.15) is 24.4 Å². The lowest BCUT2D eigenvalue weighted by atomic mass is 9.82. The number of hydrogen-bond acceptors (Lipinski definition) is 15. The zero-order valence-electron chi connectivity index (χ0n) is 65.9. The van der Waals surface area contributed by atoms with Gasteiger partial charge < -0.3 is 55.3 Å². The number of allylic oxidation sites excluding steroid dienone is 1. The normalized spacial score (nSPS) is 28.5. The van der Waals surface area contributed by atoms with Gasteiger partial charge in [-0.3, -0.25) is 9.59 Å². The van der Waals surface area contributed by atoms with Crippen LogP contribution in [0.4, 0.5) is 0 Å². The van der Waals surface area contributed by atoms with Crippen LogP contribution in [0.1, 0.15) is 185 Å². The van der Waals surface area contributed by atoms with Crippen molar-refractivity contribution >= 4 is 59.3 Å². The monoisotopic (exact) mass is 1440 g/mol. The summed E-state index contributed by atoms with van der Waals surface area (Å²) < 4.78 is 83.2. The van der Waals surface area contributed by atoms with E-state index in [1.807, 2.05) is 24.3 Å². The lowest BCUT2D eigenvalue weighted by Gasteiger charge is -2.54. The van der Waals surface area contributed by atoms with Gasteiger partial charge in [-0.25, -0.2) is 4.79 Å². The van der Waals surface area contributed by atoms with E-state index in [4.69, 9.17) is 55.3 Å². The second-order valence-corrected chi connectivity index (χ2v) is 60.2. The molecule has 4 saturated heterocycles. The van der Waals surface area contributed by atoms with Crippen LogP contribution >= 0.6 is 0 Å². The molecule has 4 aliphatic rings. The van der Waals surface area contributed by atoms with Gasteiger partial charge in [0.05, 0.1) is 80.6 Å². The van der Waals surface area contributed by atoms with E-state index < -0.39 is 90.3 Å². The summed E-state index contributed by atoms with van der Waals surface area (Å²) in [7, 11) is -9.17. The maximum atomic E-state index is 14.5. The molecular weight excluding hydrogens is 1310 g/mol. The van der Waals surface area contributed by atoms with E-state index in [2.05, 4.69) is 196 Å². The Morgan fingerprint density at radius 1 is 0.619 bits per heavy atom. The molecule has 16 atom stereocenters. The third-order valence-electron chi connectivity index (χ3n) is 23.8. The smallest absolute Gasteiger partial charge is 0.338 e. The van der Waals surface area contributed by atoms with Gasteiger partial charge >= 0.3 is 11.9 Å². The van der Waals surface area contributed by atoms with Crippen LogP contribution in [0.25, 0.3) is 0 Å². The molecule has 0 aromatic heterocycles.